The molecule has 0 bridgehead atoms. The first-order chi connectivity index (χ1) is 7.16. The molecule has 0 aromatic carbocycles. The average molecular weight is 243 g/mol. The lowest BCUT2D eigenvalue weighted by atomic mass is 10.2. The van der Waals surface area contributed by atoms with E-state index in [0.717, 1.165) is 10.8 Å². The molecule has 2 aromatic rings. The fraction of sp³-hybridized carbons (Fsp3) is 0.444. The molecule has 0 saturated carbocycles. The van der Waals surface area contributed by atoms with E-state index in [0.29, 0.717) is 16.9 Å². The maximum atomic E-state index is 5.72. The van der Waals surface area contributed by atoms with Crippen LogP contribution in [0.15, 0.2) is 12.4 Å². The molecular formula is C9H11ClN4S. The summed E-state index contributed by atoms with van der Waals surface area (Å²) in [7, 11) is 0. The molecule has 0 aliphatic carbocycles. The molecule has 0 aliphatic rings. The van der Waals surface area contributed by atoms with Crippen molar-refractivity contribution in [3.63, 3.8) is 0 Å². The molecule has 2 rings (SSSR count). The minimum atomic E-state index is 0.406. The van der Waals surface area contributed by atoms with Gasteiger partial charge in [0.25, 0.3) is 0 Å². The van der Waals surface area contributed by atoms with E-state index in [4.69, 9.17) is 11.6 Å². The highest BCUT2D eigenvalue weighted by atomic mass is 35.5. The first kappa shape index (κ1) is 10.6. The summed E-state index contributed by atoms with van der Waals surface area (Å²) in [6.45, 7) is 4.93. The summed E-state index contributed by atoms with van der Waals surface area (Å²) in [5, 5.41) is 8.65. The number of rotatable bonds is 3. The van der Waals surface area contributed by atoms with Crippen LogP contribution in [0.3, 0.4) is 0 Å². The maximum absolute atomic E-state index is 5.72. The van der Waals surface area contributed by atoms with Crippen molar-refractivity contribution >= 4 is 22.9 Å². The van der Waals surface area contributed by atoms with Crippen LogP contribution in [0.25, 0.3) is 0 Å². The van der Waals surface area contributed by atoms with Crippen molar-refractivity contribution in [3.8, 4) is 0 Å². The number of hydrogen-bond acceptors (Lipinski definition) is 4. The summed E-state index contributed by atoms with van der Waals surface area (Å²) in [5.41, 5.74) is 0. The predicted octanol–water partition coefficient (Wildman–Crippen LogP) is 2.56. The van der Waals surface area contributed by atoms with Crippen LogP contribution in [0.4, 0.5) is 0 Å². The van der Waals surface area contributed by atoms with E-state index < -0.39 is 0 Å². The molecule has 6 heteroatoms. The first-order valence-corrected chi connectivity index (χ1v) is 5.85. The average Bonchev–Trinajstić information content (AvgIpc) is 2.75. The minimum Gasteiger partial charge on any atom is -0.328 e. The fourth-order valence-corrected chi connectivity index (χ4v) is 2.26. The second kappa shape index (κ2) is 4.28. The number of aromatic nitrogens is 4. The summed E-state index contributed by atoms with van der Waals surface area (Å²) >= 11 is 7.12. The van der Waals surface area contributed by atoms with Gasteiger partial charge in [-0.1, -0.05) is 25.2 Å². The van der Waals surface area contributed by atoms with Crippen LogP contribution in [0.5, 0.6) is 0 Å². The zero-order valence-corrected chi connectivity index (χ0v) is 10.1. The highest BCUT2D eigenvalue weighted by Gasteiger charge is 2.09. The number of hydrogen-bond donors (Lipinski definition) is 0. The molecule has 0 amide bonds. The lowest BCUT2D eigenvalue weighted by Gasteiger charge is -2.07. The largest absolute Gasteiger partial charge is 0.328 e. The molecule has 0 saturated heterocycles. The smallest absolute Gasteiger partial charge is 0.207 e. The summed E-state index contributed by atoms with van der Waals surface area (Å²) in [6.07, 6.45) is 3.75. The number of nitrogens with zero attached hydrogens (tertiary/aromatic N) is 4. The Morgan fingerprint density at radius 3 is 2.87 bits per heavy atom. The number of imidazole rings is 1. The van der Waals surface area contributed by atoms with Gasteiger partial charge in [0.1, 0.15) is 10.8 Å². The van der Waals surface area contributed by atoms with Crippen LogP contribution < -0.4 is 0 Å². The fourth-order valence-electron chi connectivity index (χ4n) is 1.40. The highest BCUT2D eigenvalue weighted by Crippen LogP contribution is 2.18. The topological polar surface area (TPSA) is 43.6 Å². The second-order valence-electron chi connectivity index (χ2n) is 3.52. The molecule has 0 spiro atoms. The Kier molecular flexibility index (Phi) is 3.02. The molecule has 0 aliphatic heterocycles. The first-order valence-electron chi connectivity index (χ1n) is 4.65. The predicted molar refractivity (Wildman–Crippen MR) is 60.3 cm³/mol. The Balaban J connectivity index is 2.20. The van der Waals surface area contributed by atoms with Gasteiger partial charge in [-0.05, 0) is 11.6 Å². The van der Waals surface area contributed by atoms with Crippen LogP contribution in [0.1, 0.15) is 30.6 Å². The normalized spacial score (nSPS) is 11.2. The zero-order chi connectivity index (χ0) is 10.8. The van der Waals surface area contributed by atoms with Crippen LogP contribution in [-0.2, 0) is 6.54 Å². The summed E-state index contributed by atoms with van der Waals surface area (Å²) in [5.74, 6) is 1.46. The van der Waals surface area contributed by atoms with Gasteiger partial charge in [0, 0.05) is 18.3 Å². The van der Waals surface area contributed by atoms with Gasteiger partial charge in [0.2, 0.25) is 4.47 Å². The Bertz CT molecular complexity index is 448. The van der Waals surface area contributed by atoms with Gasteiger partial charge in [-0.15, -0.1) is 10.2 Å². The lowest BCUT2D eigenvalue weighted by molar-refractivity contribution is 0.664. The van der Waals surface area contributed by atoms with Gasteiger partial charge in [0.05, 0.1) is 6.54 Å². The second-order valence-corrected chi connectivity index (χ2v) is 5.16. The van der Waals surface area contributed by atoms with E-state index in [1.807, 2.05) is 6.20 Å². The van der Waals surface area contributed by atoms with Crippen molar-refractivity contribution in [3.05, 3.63) is 27.7 Å². The van der Waals surface area contributed by atoms with Gasteiger partial charge >= 0.3 is 0 Å². The molecule has 0 fully saturated rings. The van der Waals surface area contributed by atoms with Crippen molar-refractivity contribution in [2.24, 2.45) is 0 Å². The monoisotopic (exact) mass is 242 g/mol. The molecule has 80 valence electrons. The van der Waals surface area contributed by atoms with Gasteiger partial charge in [-0.2, -0.15) is 0 Å². The van der Waals surface area contributed by atoms with Crippen molar-refractivity contribution < 1.29 is 0 Å². The molecule has 2 aromatic heterocycles. The Labute approximate surface area is 96.9 Å². The van der Waals surface area contributed by atoms with Crippen LogP contribution in [0.2, 0.25) is 4.47 Å². The SMILES string of the molecule is CC(C)c1nccn1Cc1nnc(Cl)s1. The quantitative estimate of drug-likeness (QED) is 0.831. The molecule has 0 radical (unpaired) electrons. The van der Waals surface area contributed by atoms with Gasteiger partial charge in [0.15, 0.2) is 0 Å². The Hall–Kier alpha value is -0.940. The lowest BCUT2D eigenvalue weighted by Crippen LogP contribution is -2.05. The summed E-state index contributed by atoms with van der Waals surface area (Å²) < 4.78 is 2.55. The van der Waals surface area contributed by atoms with E-state index in [1.165, 1.54) is 11.3 Å². The molecule has 0 N–H and O–H groups in total. The summed E-state index contributed by atoms with van der Waals surface area (Å²) in [4.78, 5) is 4.31. The van der Waals surface area contributed by atoms with E-state index in [1.54, 1.807) is 6.20 Å². The van der Waals surface area contributed by atoms with Gasteiger partial charge < -0.3 is 4.57 Å². The van der Waals surface area contributed by atoms with E-state index in [9.17, 15) is 0 Å². The van der Waals surface area contributed by atoms with Gasteiger partial charge in [-0.3, -0.25) is 0 Å². The number of halogens is 1. The van der Waals surface area contributed by atoms with E-state index >= 15 is 0 Å². The van der Waals surface area contributed by atoms with Crippen molar-refractivity contribution in [2.75, 3.05) is 0 Å². The highest BCUT2D eigenvalue weighted by molar-refractivity contribution is 7.15. The minimum absolute atomic E-state index is 0.406. The van der Waals surface area contributed by atoms with Crippen LogP contribution in [0, 0.1) is 0 Å². The molecule has 0 unspecified atom stereocenters. The third-order valence-electron chi connectivity index (χ3n) is 2.01. The molecular weight excluding hydrogens is 232 g/mol. The third kappa shape index (κ3) is 2.35. The zero-order valence-electron chi connectivity index (χ0n) is 8.51. The van der Waals surface area contributed by atoms with Crippen molar-refractivity contribution in [2.45, 2.75) is 26.3 Å². The Morgan fingerprint density at radius 2 is 2.27 bits per heavy atom. The maximum Gasteiger partial charge on any atom is 0.207 e. The van der Waals surface area contributed by atoms with Crippen molar-refractivity contribution in [1.29, 1.82) is 0 Å². The van der Waals surface area contributed by atoms with Gasteiger partial charge in [-0.25, -0.2) is 4.98 Å². The summed E-state index contributed by atoms with van der Waals surface area (Å²) in [6, 6.07) is 0. The standard InChI is InChI=1S/C9H11ClN4S/c1-6(2)8-11-3-4-14(8)5-7-12-13-9(10)15-7/h3-4,6H,5H2,1-2H3. The molecule has 0 atom stereocenters. The molecule has 15 heavy (non-hydrogen) atoms. The third-order valence-corrected chi connectivity index (χ3v) is 3.02. The molecule has 2 heterocycles. The van der Waals surface area contributed by atoms with E-state index in [2.05, 4.69) is 33.6 Å². The van der Waals surface area contributed by atoms with Crippen LogP contribution in [-0.4, -0.2) is 19.7 Å². The Morgan fingerprint density at radius 1 is 1.47 bits per heavy atom. The molecule has 4 nitrogen and oxygen atoms in total. The van der Waals surface area contributed by atoms with Crippen LogP contribution >= 0.6 is 22.9 Å². The van der Waals surface area contributed by atoms with Crippen molar-refractivity contribution in [1.82, 2.24) is 19.7 Å². The van der Waals surface area contributed by atoms with E-state index in [-0.39, 0.29) is 0 Å².